The lowest BCUT2D eigenvalue weighted by molar-refractivity contribution is -0.121. The molecular weight excluding hydrogens is 393 g/mol. The van der Waals surface area contributed by atoms with Gasteiger partial charge >= 0.3 is 6.18 Å². The van der Waals surface area contributed by atoms with Gasteiger partial charge in [-0.3, -0.25) is 9.69 Å². The number of hydrogen-bond donors (Lipinski definition) is 0. The van der Waals surface area contributed by atoms with Crippen molar-refractivity contribution in [1.82, 2.24) is 9.21 Å². The molecule has 0 aromatic carbocycles. The molecule has 0 spiro atoms. The van der Waals surface area contributed by atoms with Crippen molar-refractivity contribution in [2.24, 2.45) is 5.92 Å². The van der Waals surface area contributed by atoms with Crippen molar-refractivity contribution in [3.8, 4) is 0 Å². The molecule has 1 saturated heterocycles. The van der Waals surface area contributed by atoms with Crippen molar-refractivity contribution in [2.75, 3.05) is 32.7 Å². The third-order valence-electron chi connectivity index (χ3n) is 5.79. The van der Waals surface area contributed by atoms with E-state index in [1.165, 1.54) is 17.1 Å². The number of piperazine rings is 1. The number of nitrogens with zero attached hydrogens (tertiary/aromatic N) is 2. The molecule has 1 aliphatic heterocycles. The number of halogens is 3. The summed E-state index contributed by atoms with van der Waals surface area (Å²) in [5.74, 6) is 0.682. The highest BCUT2D eigenvalue weighted by molar-refractivity contribution is 7.93. The molecule has 0 bridgehead atoms. The van der Waals surface area contributed by atoms with E-state index in [9.17, 15) is 26.4 Å². The monoisotopic (exact) mass is 420 g/mol. The maximum absolute atomic E-state index is 12.9. The van der Waals surface area contributed by atoms with E-state index in [2.05, 4.69) is 0 Å². The molecule has 0 atom stereocenters. The van der Waals surface area contributed by atoms with Crippen molar-refractivity contribution in [3.63, 3.8) is 0 Å². The summed E-state index contributed by atoms with van der Waals surface area (Å²) in [5, 5.41) is 0. The maximum Gasteiger partial charge on any atom is 0.416 e. The van der Waals surface area contributed by atoms with E-state index in [4.69, 9.17) is 0 Å². The van der Waals surface area contributed by atoms with Gasteiger partial charge in [-0.05, 0) is 24.8 Å². The summed E-state index contributed by atoms with van der Waals surface area (Å²) in [6, 6.07) is 0. The second-order valence-corrected chi connectivity index (χ2v) is 9.87. The summed E-state index contributed by atoms with van der Waals surface area (Å²) in [6.07, 6.45) is 2.60. The number of sulfonamides is 1. The summed E-state index contributed by atoms with van der Waals surface area (Å²) >= 11 is 0. The fraction of sp³-hybridized carbons (Fsp3) is 0.737. The lowest BCUT2D eigenvalue weighted by Gasteiger charge is -2.34. The maximum atomic E-state index is 12.9. The van der Waals surface area contributed by atoms with Crippen LogP contribution in [0.1, 0.15) is 44.9 Å². The molecule has 0 amide bonds. The van der Waals surface area contributed by atoms with Gasteiger partial charge in [0.05, 0.1) is 17.0 Å². The number of ketones is 1. The van der Waals surface area contributed by atoms with E-state index in [1.54, 1.807) is 0 Å². The Kier molecular flexibility index (Phi) is 6.66. The van der Waals surface area contributed by atoms with E-state index in [0.29, 0.717) is 32.0 Å². The second kappa shape index (κ2) is 8.67. The first-order valence-electron chi connectivity index (χ1n) is 9.88. The van der Waals surface area contributed by atoms with Crippen LogP contribution in [0.2, 0.25) is 0 Å². The van der Waals surface area contributed by atoms with E-state index in [-0.39, 0.29) is 36.6 Å². The van der Waals surface area contributed by atoms with Crippen LogP contribution in [0.15, 0.2) is 22.6 Å². The Morgan fingerprint density at radius 1 is 1.11 bits per heavy atom. The molecule has 0 radical (unpaired) electrons. The molecule has 0 unspecified atom stereocenters. The van der Waals surface area contributed by atoms with Crippen molar-refractivity contribution >= 4 is 15.8 Å². The molecule has 1 saturated carbocycles. The zero-order valence-corrected chi connectivity index (χ0v) is 16.7. The van der Waals surface area contributed by atoms with E-state index < -0.39 is 21.8 Å². The first kappa shape index (κ1) is 21.5. The number of rotatable bonds is 6. The number of carbonyl (C=O) groups excluding carboxylic acids is 1. The van der Waals surface area contributed by atoms with Gasteiger partial charge in [0.2, 0.25) is 10.0 Å². The number of carbonyl (C=O) groups is 1. The summed E-state index contributed by atoms with van der Waals surface area (Å²) in [5.41, 5.74) is -0.895. The van der Waals surface area contributed by atoms with E-state index >= 15 is 0 Å². The Labute approximate surface area is 164 Å². The topological polar surface area (TPSA) is 57.7 Å². The van der Waals surface area contributed by atoms with Gasteiger partial charge < -0.3 is 0 Å². The summed E-state index contributed by atoms with van der Waals surface area (Å²) in [4.78, 5) is 14.0. The first-order chi connectivity index (χ1) is 13.2. The van der Waals surface area contributed by atoms with E-state index in [1.807, 2.05) is 4.90 Å². The molecular formula is C19H27F3N2O3S. The van der Waals surface area contributed by atoms with Crippen LogP contribution >= 0.6 is 0 Å². The van der Waals surface area contributed by atoms with Gasteiger partial charge in [-0.25, -0.2) is 8.42 Å². The lowest BCUT2D eigenvalue weighted by Crippen LogP contribution is -2.50. The molecule has 158 valence electrons. The van der Waals surface area contributed by atoms with Crippen LogP contribution in [0.3, 0.4) is 0 Å². The molecule has 5 nitrogen and oxygen atoms in total. The van der Waals surface area contributed by atoms with Crippen molar-refractivity contribution in [2.45, 2.75) is 51.1 Å². The van der Waals surface area contributed by atoms with Crippen molar-refractivity contribution < 1.29 is 26.4 Å². The number of hydrogen-bond acceptors (Lipinski definition) is 4. The van der Waals surface area contributed by atoms with Crippen LogP contribution in [0.25, 0.3) is 0 Å². The Balaban J connectivity index is 1.54. The average molecular weight is 420 g/mol. The van der Waals surface area contributed by atoms with Gasteiger partial charge in [0.1, 0.15) is 5.78 Å². The Hall–Kier alpha value is -1.19. The number of Topliss-reactive ketones (excluding diaryl/α,β-unsaturated/α-hetero) is 1. The third-order valence-corrected chi connectivity index (χ3v) is 7.82. The molecule has 28 heavy (non-hydrogen) atoms. The van der Waals surface area contributed by atoms with Crippen LogP contribution in [-0.4, -0.2) is 62.3 Å². The van der Waals surface area contributed by atoms with Crippen LogP contribution in [0.4, 0.5) is 13.2 Å². The van der Waals surface area contributed by atoms with Crippen molar-refractivity contribution in [3.05, 3.63) is 22.6 Å². The summed E-state index contributed by atoms with van der Waals surface area (Å²) in [7, 11) is -3.91. The molecule has 3 aliphatic rings. The number of allylic oxidation sites excluding steroid dienone is 4. The van der Waals surface area contributed by atoms with Crippen LogP contribution in [0.5, 0.6) is 0 Å². The highest BCUT2D eigenvalue weighted by Gasteiger charge is 2.37. The summed E-state index contributed by atoms with van der Waals surface area (Å²) < 4.78 is 65.5. The van der Waals surface area contributed by atoms with Gasteiger partial charge in [0.25, 0.3) is 0 Å². The minimum atomic E-state index is -4.54. The molecule has 9 heteroatoms. The van der Waals surface area contributed by atoms with Gasteiger partial charge in [-0.15, -0.1) is 0 Å². The fourth-order valence-electron chi connectivity index (χ4n) is 4.22. The second-order valence-electron chi connectivity index (χ2n) is 7.88. The van der Waals surface area contributed by atoms with Crippen LogP contribution < -0.4 is 0 Å². The Bertz CT molecular complexity index is 745. The van der Waals surface area contributed by atoms with Gasteiger partial charge in [0, 0.05) is 32.6 Å². The molecule has 2 fully saturated rings. The highest BCUT2D eigenvalue weighted by Crippen LogP contribution is 2.34. The SMILES string of the molecule is O=C(CC1CCCC1)CN1CCN(S(=O)(=O)C2=CC(C(F)(F)F)=CCC2)CC1. The van der Waals surface area contributed by atoms with Gasteiger partial charge in [-0.1, -0.05) is 31.8 Å². The minimum Gasteiger partial charge on any atom is -0.298 e. The quantitative estimate of drug-likeness (QED) is 0.662. The molecule has 1 heterocycles. The zero-order valence-electron chi connectivity index (χ0n) is 15.9. The van der Waals surface area contributed by atoms with E-state index in [0.717, 1.165) is 25.0 Å². The standard InChI is InChI=1S/C19H27F3N2O3S/c20-19(21,22)16-6-3-7-18(13-16)28(26,27)24-10-8-23(9-11-24)14-17(25)12-15-4-1-2-5-15/h6,13,15H,1-5,7-12,14H2. The first-order valence-corrected chi connectivity index (χ1v) is 11.3. The predicted octanol–water partition coefficient (Wildman–Crippen LogP) is 3.25. The molecule has 2 aliphatic carbocycles. The molecule has 0 aromatic heterocycles. The molecule has 0 N–H and O–H groups in total. The number of alkyl halides is 3. The average Bonchev–Trinajstić information content (AvgIpc) is 3.14. The highest BCUT2D eigenvalue weighted by atomic mass is 32.2. The van der Waals surface area contributed by atoms with Gasteiger partial charge in [-0.2, -0.15) is 17.5 Å². The van der Waals surface area contributed by atoms with Crippen LogP contribution in [-0.2, 0) is 14.8 Å². The summed E-state index contributed by atoms with van der Waals surface area (Å²) in [6.45, 7) is 1.56. The predicted molar refractivity (Wildman–Crippen MR) is 100.0 cm³/mol. The lowest BCUT2D eigenvalue weighted by atomic mass is 10.0. The molecule has 3 rings (SSSR count). The third kappa shape index (κ3) is 5.24. The smallest absolute Gasteiger partial charge is 0.298 e. The van der Waals surface area contributed by atoms with Gasteiger partial charge in [0.15, 0.2) is 0 Å². The minimum absolute atomic E-state index is 0.0650. The largest absolute Gasteiger partial charge is 0.416 e. The molecule has 0 aromatic rings. The zero-order chi connectivity index (χ0) is 20.4. The Morgan fingerprint density at radius 2 is 1.75 bits per heavy atom. The normalized spacial score (nSPS) is 23.5. The Morgan fingerprint density at radius 3 is 2.36 bits per heavy atom. The fourth-order valence-corrected chi connectivity index (χ4v) is 5.85. The van der Waals surface area contributed by atoms with Crippen molar-refractivity contribution in [1.29, 1.82) is 0 Å². The van der Waals surface area contributed by atoms with Crippen LogP contribution in [0, 0.1) is 5.92 Å².